The second kappa shape index (κ2) is 21.0. The lowest BCUT2D eigenvalue weighted by Crippen LogP contribution is -2.54. The molecule has 4 bridgehead atoms. The van der Waals surface area contributed by atoms with Crippen LogP contribution in [0, 0.1) is 0 Å². The van der Waals surface area contributed by atoms with E-state index in [1.165, 1.54) is 30.5 Å². The topological polar surface area (TPSA) is 181 Å². The number of aromatic nitrogens is 1. The smallest absolute Gasteiger partial charge is 0.273 e. The molecular formula is C42H51N7O8S. The summed E-state index contributed by atoms with van der Waals surface area (Å²) in [6.07, 6.45) is 1.66. The van der Waals surface area contributed by atoms with Crippen molar-refractivity contribution in [3.63, 3.8) is 0 Å². The van der Waals surface area contributed by atoms with Gasteiger partial charge < -0.3 is 45.3 Å². The van der Waals surface area contributed by atoms with Crippen LogP contribution in [-0.2, 0) is 33.9 Å². The fraction of sp³-hybridized carbons (Fsp3) is 0.381. The fourth-order valence-corrected chi connectivity index (χ4v) is 7.10. The number of aryl methyl sites for hydroxylation is 1. The molecule has 0 radical (unpaired) electrons. The van der Waals surface area contributed by atoms with Crippen molar-refractivity contribution in [2.24, 2.45) is 0 Å². The second-order valence-corrected chi connectivity index (χ2v) is 15.0. The first-order valence-electron chi connectivity index (χ1n) is 19.0. The van der Waals surface area contributed by atoms with Crippen molar-refractivity contribution in [3.05, 3.63) is 99.5 Å². The minimum Gasteiger partial charge on any atom is -0.496 e. The number of amides is 5. The van der Waals surface area contributed by atoms with Crippen LogP contribution in [0.1, 0.15) is 63.2 Å². The van der Waals surface area contributed by atoms with Crippen LogP contribution in [0.15, 0.2) is 72.1 Å². The Balaban J connectivity index is 1.41. The lowest BCUT2D eigenvalue weighted by atomic mass is 10.0. The molecule has 58 heavy (non-hydrogen) atoms. The molecule has 3 aromatic carbocycles. The Morgan fingerprint density at radius 3 is 2.45 bits per heavy atom. The van der Waals surface area contributed by atoms with Crippen LogP contribution in [0.5, 0.6) is 23.0 Å². The van der Waals surface area contributed by atoms with Gasteiger partial charge in [-0.2, -0.15) is 0 Å². The van der Waals surface area contributed by atoms with Gasteiger partial charge in [-0.05, 0) is 82.6 Å². The fourth-order valence-electron chi connectivity index (χ4n) is 6.21. The maximum absolute atomic E-state index is 13.8. The summed E-state index contributed by atoms with van der Waals surface area (Å²) in [5, 5.41) is 13.8. The minimum absolute atomic E-state index is 0.0785. The molecule has 0 aliphatic carbocycles. The molecule has 5 amide bonds. The Kier molecular flexibility index (Phi) is 15.6. The number of ether oxygens (including phenoxy) is 3. The van der Waals surface area contributed by atoms with Crippen LogP contribution < -0.4 is 35.5 Å². The van der Waals surface area contributed by atoms with Crippen molar-refractivity contribution in [1.29, 1.82) is 0 Å². The van der Waals surface area contributed by atoms with E-state index in [1.807, 2.05) is 49.3 Å². The lowest BCUT2D eigenvalue weighted by molar-refractivity contribution is -0.132. The van der Waals surface area contributed by atoms with Gasteiger partial charge in [0, 0.05) is 48.8 Å². The van der Waals surface area contributed by atoms with E-state index in [1.54, 1.807) is 48.7 Å². The van der Waals surface area contributed by atoms with E-state index < -0.39 is 35.7 Å². The number of thiazole rings is 1. The summed E-state index contributed by atoms with van der Waals surface area (Å²) in [5.41, 5.74) is 2.17. The Bertz CT molecular complexity index is 2060. The van der Waals surface area contributed by atoms with Gasteiger partial charge in [-0.15, -0.1) is 11.3 Å². The van der Waals surface area contributed by atoms with Crippen molar-refractivity contribution >= 4 is 40.9 Å². The third kappa shape index (κ3) is 12.2. The number of methoxy groups -OCH3 is 2. The normalized spacial score (nSPS) is 17.5. The third-order valence-corrected chi connectivity index (χ3v) is 10.2. The zero-order chi connectivity index (χ0) is 41.6. The molecule has 4 aromatic rings. The van der Waals surface area contributed by atoms with Crippen LogP contribution >= 0.6 is 11.3 Å². The van der Waals surface area contributed by atoms with Gasteiger partial charge in [0.1, 0.15) is 34.3 Å². The summed E-state index contributed by atoms with van der Waals surface area (Å²) in [5.74, 6) is -0.752. The van der Waals surface area contributed by atoms with Crippen molar-refractivity contribution in [2.45, 2.75) is 57.8 Å². The molecular weight excluding hydrogens is 763 g/mol. The monoisotopic (exact) mass is 813 g/mol. The van der Waals surface area contributed by atoms with Crippen LogP contribution in [0.25, 0.3) is 0 Å². The summed E-state index contributed by atoms with van der Waals surface area (Å²) in [6.45, 7) is 2.33. The molecule has 0 fully saturated rings. The van der Waals surface area contributed by atoms with E-state index in [2.05, 4.69) is 26.3 Å². The second-order valence-electron chi connectivity index (χ2n) is 14.1. The van der Waals surface area contributed by atoms with E-state index in [0.29, 0.717) is 66.5 Å². The Morgan fingerprint density at radius 2 is 1.71 bits per heavy atom. The number of hydrogen-bond acceptors (Lipinski definition) is 11. The average Bonchev–Trinajstić information content (AvgIpc) is 3.68. The first-order valence-corrected chi connectivity index (χ1v) is 19.9. The summed E-state index contributed by atoms with van der Waals surface area (Å²) in [4.78, 5) is 75.7. The molecule has 0 saturated carbocycles. The molecule has 2 aliphatic rings. The molecule has 0 spiro atoms. The Labute approximate surface area is 342 Å². The molecule has 1 aromatic heterocycles. The van der Waals surface area contributed by atoms with Crippen LogP contribution in [0.4, 0.5) is 0 Å². The van der Waals surface area contributed by atoms with Gasteiger partial charge in [0.25, 0.3) is 11.8 Å². The highest BCUT2D eigenvalue weighted by Gasteiger charge is 2.27. The standard InChI is InChI=1S/C42H51N7O8S/c1-27-39(51)44-23-30-14-16-31(22-35(30)56-5)57-36-21-29(15-18-34(36)55-4)40(52)43-19-9-10-20-49(42(54)33-26-58-38(47-33)25-48(2)3)24-37(50)46-32(41(53)45-27)17-13-28-11-7-6-8-12-28/h6-8,11-12,14-16,18,21-22,26-27,32H,9-10,13,17,19-20,23-25H2,1-5H3,(H,43,52)(H,44,51)(H,45,53)(H,46,50)/t27-,32-/m0/s1. The van der Waals surface area contributed by atoms with Gasteiger partial charge in [0.05, 0.1) is 20.8 Å². The third-order valence-electron chi connectivity index (χ3n) is 9.32. The van der Waals surface area contributed by atoms with E-state index in [-0.39, 0.29) is 37.7 Å². The highest BCUT2D eigenvalue weighted by Crippen LogP contribution is 2.35. The minimum atomic E-state index is -1.01. The molecule has 0 unspecified atom stereocenters. The number of fused-ring (bicyclic) bond motifs is 18. The van der Waals surface area contributed by atoms with E-state index in [0.717, 1.165) is 10.6 Å². The van der Waals surface area contributed by atoms with Crippen LogP contribution in [-0.4, -0.2) is 104 Å². The van der Waals surface area contributed by atoms with Gasteiger partial charge >= 0.3 is 0 Å². The number of rotatable bonds is 8. The van der Waals surface area contributed by atoms with Gasteiger partial charge in [0.2, 0.25) is 17.7 Å². The zero-order valence-corrected chi connectivity index (χ0v) is 34.3. The molecule has 0 saturated heterocycles. The molecule has 2 atom stereocenters. The van der Waals surface area contributed by atoms with Crippen molar-refractivity contribution in [3.8, 4) is 23.0 Å². The molecule has 4 N–H and O–H groups in total. The summed E-state index contributed by atoms with van der Waals surface area (Å²) in [7, 11) is 6.81. The van der Waals surface area contributed by atoms with Crippen molar-refractivity contribution in [1.82, 2.24) is 36.1 Å². The van der Waals surface area contributed by atoms with E-state index >= 15 is 0 Å². The number of benzene rings is 3. The summed E-state index contributed by atoms with van der Waals surface area (Å²) in [6, 6.07) is 17.5. The number of carbonyl (C=O) groups excluding carboxylic acids is 5. The van der Waals surface area contributed by atoms with Gasteiger partial charge in [-0.25, -0.2) is 4.98 Å². The predicted octanol–water partition coefficient (Wildman–Crippen LogP) is 3.92. The van der Waals surface area contributed by atoms with Gasteiger partial charge in [0.15, 0.2) is 11.5 Å². The molecule has 16 heteroatoms. The quantitative estimate of drug-likeness (QED) is 0.191. The van der Waals surface area contributed by atoms with E-state index in [9.17, 15) is 24.0 Å². The first-order chi connectivity index (χ1) is 27.9. The summed E-state index contributed by atoms with van der Waals surface area (Å²) < 4.78 is 17.2. The number of hydrogen-bond donors (Lipinski definition) is 4. The van der Waals surface area contributed by atoms with Gasteiger partial charge in [-0.1, -0.05) is 30.3 Å². The van der Waals surface area contributed by atoms with Crippen molar-refractivity contribution in [2.75, 3.05) is 47.9 Å². The lowest BCUT2D eigenvalue weighted by Gasteiger charge is -2.25. The zero-order valence-electron chi connectivity index (χ0n) is 33.5. The first kappa shape index (κ1) is 43.1. The number of carbonyl (C=O) groups is 5. The Hall–Kier alpha value is -6.00. The molecule has 2 aliphatic heterocycles. The molecule has 308 valence electrons. The number of nitrogens with one attached hydrogen (secondary N) is 4. The highest BCUT2D eigenvalue weighted by molar-refractivity contribution is 7.09. The van der Waals surface area contributed by atoms with E-state index in [4.69, 9.17) is 14.2 Å². The predicted molar refractivity (Wildman–Crippen MR) is 219 cm³/mol. The molecule has 6 rings (SSSR count). The molecule has 3 heterocycles. The summed E-state index contributed by atoms with van der Waals surface area (Å²) >= 11 is 1.36. The van der Waals surface area contributed by atoms with Crippen LogP contribution in [0.3, 0.4) is 0 Å². The SMILES string of the molecule is COc1cc2ccc1CNC(=O)[C@H](C)NC(=O)[C@H](CCc1ccccc1)NC(=O)CN(C(=O)c1csc(CN(C)C)n1)CCCCNC(=O)c1ccc(OC)c(c1)O2. The maximum Gasteiger partial charge on any atom is 0.273 e. The number of nitrogens with zero attached hydrogens (tertiary/aromatic N) is 3. The maximum atomic E-state index is 13.8. The Morgan fingerprint density at radius 1 is 0.931 bits per heavy atom. The largest absolute Gasteiger partial charge is 0.496 e. The highest BCUT2D eigenvalue weighted by atomic mass is 32.1. The van der Waals surface area contributed by atoms with Gasteiger partial charge in [-0.3, -0.25) is 24.0 Å². The average molecular weight is 814 g/mol. The van der Waals surface area contributed by atoms with Crippen molar-refractivity contribution < 1.29 is 38.2 Å². The molecule has 15 nitrogen and oxygen atoms in total. The van der Waals surface area contributed by atoms with Crippen LogP contribution in [0.2, 0.25) is 0 Å².